The van der Waals surface area contributed by atoms with Crippen LogP contribution in [0.25, 0.3) is 0 Å². The molecule has 0 heterocycles. The van der Waals surface area contributed by atoms with E-state index in [0.29, 0.717) is 10.6 Å². The smallest absolute Gasteiger partial charge is 0.129 e. The summed E-state index contributed by atoms with van der Waals surface area (Å²) in [5.74, 6) is 0.429. The monoisotopic (exact) mass is 312 g/mol. The fourth-order valence-corrected chi connectivity index (χ4v) is 2.80. The van der Waals surface area contributed by atoms with E-state index in [0.717, 1.165) is 22.4 Å². The second-order valence-electron chi connectivity index (χ2n) is 4.72. The molecule has 20 heavy (non-hydrogen) atoms. The predicted molar refractivity (Wildman–Crippen MR) is 81.6 cm³/mol. The highest BCUT2D eigenvalue weighted by Gasteiger charge is 2.17. The molecule has 0 spiro atoms. The van der Waals surface area contributed by atoms with Gasteiger partial charge in [-0.2, -0.15) is 0 Å². The summed E-state index contributed by atoms with van der Waals surface area (Å²) < 4.78 is 19.3. The molecule has 0 fully saturated rings. The quantitative estimate of drug-likeness (QED) is 0.686. The maximum absolute atomic E-state index is 13.9. The fourth-order valence-electron chi connectivity index (χ4n) is 2.34. The van der Waals surface area contributed by atoms with Gasteiger partial charge < -0.3 is 4.74 Å². The van der Waals surface area contributed by atoms with Gasteiger partial charge in [0.1, 0.15) is 11.6 Å². The summed E-state index contributed by atoms with van der Waals surface area (Å²) in [6.07, 6.45) is 0. The van der Waals surface area contributed by atoms with Crippen molar-refractivity contribution in [2.75, 3.05) is 7.11 Å². The molecule has 106 valence electrons. The second-order valence-corrected chi connectivity index (χ2v) is 5.59. The Bertz CT molecular complexity index is 617. The summed E-state index contributed by atoms with van der Waals surface area (Å²) in [6, 6.07) is 8.35. The number of aryl methyl sites for hydroxylation is 2. The summed E-state index contributed by atoms with van der Waals surface area (Å²) in [6.45, 7) is 3.88. The molecule has 0 aliphatic heterocycles. The van der Waals surface area contributed by atoms with E-state index in [4.69, 9.17) is 27.9 Å². The highest BCUT2D eigenvalue weighted by atomic mass is 35.5. The Labute approximate surface area is 128 Å². The second kappa shape index (κ2) is 6.02. The van der Waals surface area contributed by atoms with E-state index >= 15 is 0 Å². The molecule has 0 N–H and O–H groups in total. The Morgan fingerprint density at radius 2 is 1.70 bits per heavy atom. The lowest BCUT2D eigenvalue weighted by atomic mass is 9.99. The van der Waals surface area contributed by atoms with E-state index < -0.39 is 11.2 Å². The minimum atomic E-state index is -0.560. The molecule has 0 aliphatic carbocycles. The molecule has 1 nitrogen and oxygen atoms in total. The highest BCUT2D eigenvalue weighted by Crippen LogP contribution is 2.35. The summed E-state index contributed by atoms with van der Waals surface area (Å²) in [4.78, 5) is 0. The Morgan fingerprint density at radius 3 is 2.20 bits per heavy atom. The summed E-state index contributed by atoms with van der Waals surface area (Å²) in [5.41, 5.74) is 3.20. The number of rotatable bonds is 3. The molecule has 4 heteroatoms. The van der Waals surface area contributed by atoms with Gasteiger partial charge in [0.25, 0.3) is 0 Å². The van der Waals surface area contributed by atoms with Crippen molar-refractivity contribution in [3.8, 4) is 5.75 Å². The number of ether oxygens (including phenoxy) is 1. The first-order valence-electron chi connectivity index (χ1n) is 6.18. The van der Waals surface area contributed by atoms with Gasteiger partial charge in [-0.25, -0.2) is 4.39 Å². The van der Waals surface area contributed by atoms with E-state index in [1.165, 1.54) is 6.07 Å². The van der Waals surface area contributed by atoms with Crippen LogP contribution in [0.15, 0.2) is 30.3 Å². The Hall–Kier alpha value is -1.25. The SMILES string of the molecule is COc1c(C)cc(C(Cl)c2ccc(Cl)cc2F)cc1C. The molecule has 1 unspecified atom stereocenters. The van der Waals surface area contributed by atoms with Crippen molar-refractivity contribution in [3.05, 3.63) is 63.4 Å². The predicted octanol–water partition coefficient (Wildman–Crippen LogP) is 5.43. The zero-order chi connectivity index (χ0) is 14.9. The van der Waals surface area contributed by atoms with Crippen LogP contribution in [-0.4, -0.2) is 7.11 Å². The fraction of sp³-hybridized carbons (Fsp3) is 0.250. The van der Waals surface area contributed by atoms with Crippen LogP contribution < -0.4 is 4.74 Å². The van der Waals surface area contributed by atoms with Crippen LogP contribution in [0.3, 0.4) is 0 Å². The van der Waals surface area contributed by atoms with E-state index in [9.17, 15) is 4.39 Å². The molecule has 0 aliphatic rings. The number of methoxy groups -OCH3 is 1. The average Bonchev–Trinajstić information content (AvgIpc) is 2.37. The van der Waals surface area contributed by atoms with Crippen molar-refractivity contribution in [1.29, 1.82) is 0 Å². The third-order valence-corrected chi connectivity index (χ3v) is 3.94. The number of hydrogen-bond donors (Lipinski definition) is 0. The largest absolute Gasteiger partial charge is 0.496 e. The number of halogens is 3. The number of hydrogen-bond acceptors (Lipinski definition) is 1. The minimum Gasteiger partial charge on any atom is -0.496 e. The molecule has 0 radical (unpaired) electrons. The van der Waals surface area contributed by atoms with Crippen LogP contribution in [-0.2, 0) is 0 Å². The summed E-state index contributed by atoms with van der Waals surface area (Å²) >= 11 is 12.2. The summed E-state index contributed by atoms with van der Waals surface area (Å²) in [7, 11) is 1.63. The van der Waals surface area contributed by atoms with Gasteiger partial charge in [0.15, 0.2) is 0 Å². The van der Waals surface area contributed by atoms with E-state index in [1.807, 2.05) is 26.0 Å². The lowest BCUT2D eigenvalue weighted by Gasteiger charge is -2.16. The molecule has 2 aromatic carbocycles. The van der Waals surface area contributed by atoms with Gasteiger partial charge in [-0.05, 0) is 42.7 Å². The molecule has 2 aromatic rings. The molecule has 0 aromatic heterocycles. The van der Waals surface area contributed by atoms with Crippen molar-refractivity contribution in [2.45, 2.75) is 19.2 Å². The normalized spacial score (nSPS) is 12.3. The summed E-state index contributed by atoms with van der Waals surface area (Å²) in [5, 5.41) is -0.201. The molecule has 0 saturated carbocycles. The van der Waals surface area contributed by atoms with Crippen LogP contribution in [0.5, 0.6) is 5.75 Å². The zero-order valence-corrected chi connectivity index (χ0v) is 13.0. The average molecular weight is 313 g/mol. The number of alkyl halides is 1. The topological polar surface area (TPSA) is 9.23 Å². The third kappa shape index (κ3) is 2.92. The van der Waals surface area contributed by atoms with Gasteiger partial charge in [-0.3, -0.25) is 0 Å². The standard InChI is InChI=1S/C16H15Cl2FO/c1-9-6-11(7-10(2)16(9)20-3)15(18)13-5-4-12(17)8-14(13)19/h4-8,15H,1-3H3. The van der Waals surface area contributed by atoms with Crippen molar-refractivity contribution < 1.29 is 9.13 Å². The van der Waals surface area contributed by atoms with Crippen molar-refractivity contribution in [2.24, 2.45) is 0 Å². The van der Waals surface area contributed by atoms with Gasteiger partial charge in [-0.1, -0.05) is 29.8 Å². The number of benzene rings is 2. The Balaban J connectivity index is 2.45. The van der Waals surface area contributed by atoms with Crippen molar-refractivity contribution in [1.82, 2.24) is 0 Å². The van der Waals surface area contributed by atoms with E-state index in [1.54, 1.807) is 19.2 Å². The molecule has 1 atom stereocenters. The highest BCUT2D eigenvalue weighted by molar-refractivity contribution is 6.30. The van der Waals surface area contributed by atoms with E-state index in [-0.39, 0.29) is 0 Å². The zero-order valence-electron chi connectivity index (χ0n) is 11.5. The van der Waals surface area contributed by atoms with E-state index in [2.05, 4.69) is 0 Å². The van der Waals surface area contributed by atoms with Crippen LogP contribution >= 0.6 is 23.2 Å². The molecule has 0 saturated heterocycles. The molecule has 0 amide bonds. The van der Waals surface area contributed by atoms with Gasteiger partial charge in [0.05, 0.1) is 12.5 Å². The van der Waals surface area contributed by atoms with Crippen LogP contribution in [0.1, 0.15) is 27.6 Å². The maximum atomic E-state index is 13.9. The van der Waals surface area contributed by atoms with Gasteiger partial charge in [0, 0.05) is 10.6 Å². The van der Waals surface area contributed by atoms with Gasteiger partial charge >= 0.3 is 0 Å². The van der Waals surface area contributed by atoms with Crippen LogP contribution in [0.4, 0.5) is 4.39 Å². The Morgan fingerprint density at radius 1 is 1.10 bits per heavy atom. The van der Waals surface area contributed by atoms with Crippen molar-refractivity contribution in [3.63, 3.8) is 0 Å². The first-order valence-corrected chi connectivity index (χ1v) is 6.99. The lowest BCUT2D eigenvalue weighted by Crippen LogP contribution is -2.00. The van der Waals surface area contributed by atoms with Crippen LogP contribution in [0, 0.1) is 19.7 Å². The first-order chi connectivity index (χ1) is 9.43. The van der Waals surface area contributed by atoms with Gasteiger partial charge in [-0.15, -0.1) is 11.6 Å². The maximum Gasteiger partial charge on any atom is 0.129 e. The molecule has 2 rings (SSSR count). The molecule has 0 bridgehead atoms. The lowest BCUT2D eigenvalue weighted by molar-refractivity contribution is 0.408. The molecular formula is C16H15Cl2FO. The minimum absolute atomic E-state index is 0.359. The van der Waals surface area contributed by atoms with Gasteiger partial charge in [0.2, 0.25) is 0 Å². The van der Waals surface area contributed by atoms with Crippen LogP contribution in [0.2, 0.25) is 5.02 Å². The molecular weight excluding hydrogens is 298 g/mol. The third-order valence-electron chi connectivity index (χ3n) is 3.21. The Kier molecular flexibility index (Phi) is 4.56. The van der Waals surface area contributed by atoms with Crippen molar-refractivity contribution >= 4 is 23.2 Å². The first kappa shape index (κ1) is 15.1.